The molecule has 1 amide bonds. The van der Waals surface area contributed by atoms with Crippen LogP contribution in [0.2, 0.25) is 0 Å². The molecule has 2 fully saturated rings. The Bertz CT molecular complexity index is 569. The zero-order valence-corrected chi connectivity index (χ0v) is 16.7. The van der Waals surface area contributed by atoms with Gasteiger partial charge < -0.3 is 9.80 Å². The lowest BCUT2D eigenvalue weighted by molar-refractivity contribution is -0.132. The van der Waals surface area contributed by atoms with Gasteiger partial charge in [-0.25, -0.2) is 4.68 Å². The normalized spacial score (nSPS) is 20.8. The van der Waals surface area contributed by atoms with E-state index in [1.807, 2.05) is 0 Å². The second-order valence-electron chi connectivity index (χ2n) is 8.42. The number of likely N-dealkylation sites (tertiary alicyclic amines) is 2. The molecule has 1 aromatic rings. The van der Waals surface area contributed by atoms with Crippen molar-refractivity contribution in [2.45, 2.75) is 77.8 Å². The largest absolute Gasteiger partial charge is 0.343 e. The molecule has 0 radical (unpaired) electrons. The number of carbonyl (C=O) groups excluding carboxylic acids is 1. The summed E-state index contributed by atoms with van der Waals surface area (Å²) in [5, 5.41) is 8.72. The molecular formula is C20H35N5O. The van der Waals surface area contributed by atoms with Crippen molar-refractivity contribution in [1.29, 1.82) is 0 Å². The second-order valence-corrected chi connectivity index (χ2v) is 8.42. The predicted octanol–water partition coefficient (Wildman–Crippen LogP) is 2.90. The maximum Gasteiger partial charge on any atom is 0.222 e. The molecule has 26 heavy (non-hydrogen) atoms. The van der Waals surface area contributed by atoms with Crippen molar-refractivity contribution in [1.82, 2.24) is 24.8 Å². The molecule has 6 nitrogen and oxygen atoms in total. The Balaban J connectivity index is 1.44. The number of rotatable bonds is 6. The molecule has 0 unspecified atom stereocenters. The van der Waals surface area contributed by atoms with Crippen LogP contribution in [0.5, 0.6) is 0 Å². The molecule has 0 bridgehead atoms. The van der Waals surface area contributed by atoms with E-state index in [4.69, 9.17) is 0 Å². The predicted molar refractivity (Wildman–Crippen MR) is 103 cm³/mol. The zero-order chi connectivity index (χ0) is 18.5. The molecule has 1 aromatic heterocycles. The van der Waals surface area contributed by atoms with Gasteiger partial charge in [-0.05, 0) is 44.4 Å². The Morgan fingerprint density at radius 1 is 1.12 bits per heavy atom. The lowest BCUT2D eigenvalue weighted by Gasteiger charge is -2.41. The smallest absolute Gasteiger partial charge is 0.222 e. The molecule has 0 aromatic carbocycles. The minimum Gasteiger partial charge on any atom is -0.343 e. The highest BCUT2D eigenvalue weighted by Crippen LogP contribution is 2.26. The van der Waals surface area contributed by atoms with Gasteiger partial charge in [0.25, 0.3) is 0 Å². The first-order valence-electron chi connectivity index (χ1n) is 10.5. The molecule has 2 aliphatic rings. The third-order valence-corrected chi connectivity index (χ3v) is 5.85. The van der Waals surface area contributed by atoms with E-state index < -0.39 is 0 Å². The fourth-order valence-electron chi connectivity index (χ4n) is 4.37. The average molecular weight is 362 g/mol. The second kappa shape index (κ2) is 8.98. The molecule has 0 saturated carbocycles. The molecule has 3 rings (SSSR count). The number of aromatic nitrogens is 3. The van der Waals surface area contributed by atoms with Crippen LogP contribution in [0, 0.1) is 5.92 Å². The average Bonchev–Trinajstić information content (AvgIpc) is 3.10. The fourth-order valence-corrected chi connectivity index (χ4v) is 4.37. The van der Waals surface area contributed by atoms with Crippen LogP contribution in [-0.2, 0) is 11.2 Å². The highest BCUT2D eigenvalue weighted by molar-refractivity contribution is 5.76. The van der Waals surface area contributed by atoms with Crippen molar-refractivity contribution in [3.63, 3.8) is 0 Å². The fraction of sp³-hybridized carbons (Fsp3) is 0.850. The van der Waals surface area contributed by atoms with Crippen LogP contribution in [0.25, 0.3) is 0 Å². The highest BCUT2D eigenvalue weighted by Gasteiger charge is 2.30. The Morgan fingerprint density at radius 3 is 2.38 bits per heavy atom. The van der Waals surface area contributed by atoms with E-state index in [1.165, 1.54) is 0 Å². The van der Waals surface area contributed by atoms with E-state index in [0.717, 1.165) is 70.4 Å². The summed E-state index contributed by atoms with van der Waals surface area (Å²) in [4.78, 5) is 16.8. The molecule has 6 heteroatoms. The number of amides is 1. The monoisotopic (exact) mass is 361 g/mol. The Hall–Kier alpha value is -1.43. The van der Waals surface area contributed by atoms with Crippen LogP contribution in [0.1, 0.15) is 71.0 Å². The molecule has 2 aliphatic heterocycles. The van der Waals surface area contributed by atoms with Gasteiger partial charge in [-0.15, -0.1) is 5.10 Å². The first-order valence-corrected chi connectivity index (χ1v) is 10.5. The van der Waals surface area contributed by atoms with Crippen molar-refractivity contribution in [2.75, 3.05) is 26.2 Å². The van der Waals surface area contributed by atoms with E-state index >= 15 is 0 Å². The van der Waals surface area contributed by atoms with Crippen molar-refractivity contribution in [2.24, 2.45) is 5.92 Å². The molecular weight excluding hydrogens is 326 g/mol. The van der Waals surface area contributed by atoms with Gasteiger partial charge >= 0.3 is 0 Å². The molecule has 146 valence electrons. The van der Waals surface area contributed by atoms with Crippen LogP contribution >= 0.6 is 0 Å². The molecule has 2 saturated heterocycles. The van der Waals surface area contributed by atoms with Gasteiger partial charge in [0.15, 0.2) is 0 Å². The van der Waals surface area contributed by atoms with Gasteiger partial charge in [0.05, 0.1) is 11.7 Å². The third kappa shape index (κ3) is 4.84. The molecule has 0 N–H and O–H groups in total. The minimum absolute atomic E-state index is 0.341. The van der Waals surface area contributed by atoms with Crippen LogP contribution in [0.15, 0.2) is 6.20 Å². The van der Waals surface area contributed by atoms with Gasteiger partial charge in [0.2, 0.25) is 5.91 Å². The van der Waals surface area contributed by atoms with Crippen molar-refractivity contribution < 1.29 is 4.79 Å². The van der Waals surface area contributed by atoms with E-state index in [9.17, 15) is 4.79 Å². The van der Waals surface area contributed by atoms with Gasteiger partial charge in [-0.1, -0.05) is 26.0 Å². The lowest BCUT2D eigenvalue weighted by Crippen LogP contribution is -2.49. The molecule has 0 aliphatic carbocycles. The van der Waals surface area contributed by atoms with Crippen molar-refractivity contribution >= 4 is 5.91 Å². The van der Waals surface area contributed by atoms with Crippen LogP contribution < -0.4 is 0 Å². The van der Waals surface area contributed by atoms with E-state index in [-0.39, 0.29) is 0 Å². The Labute approximate surface area is 157 Å². The number of carbonyl (C=O) groups is 1. The number of hydrogen-bond acceptors (Lipinski definition) is 4. The van der Waals surface area contributed by atoms with Crippen LogP contribution in [0.4, 0.5) is 0 Å². The Morgan fingerprint density at radius 2 is 1.77 bits per heavy atom. The summed E-state index contributed by atoms with van der Waals surface area (Å²) in [6.07, 6.45) is 9.37. The summed E-state index contributed by atoms with van der Waals surface area (Å²) in [6, 6.07) is 1.14. The Kier molecular flexibility index (Phi) is 6.68. The van der Waals surface area contributed by atoms with Crippen LogP contribution in [-0.4, -0.2) is 62.9 Å². The standard InChI is InChI=1S/C20H35N5O/c1-4-5-20(26)24-12-6-18(7-13-24)23-10-8-19(9-11-23)25-15-17(21-22-25)14-16(2)3/h15-16,18-19H,4-14H2,1-3H3. The minimum atomic E-state index is 0.341. The van der Waals surface area contributed by atoms with Gasteiger partial charge in [0, 0.05) is 44.8 Å². The topological polar surface area (TPSA) is 54.3 Å². The van der Waals surface area contributed by atoms with Crippen LogP contribution in [0.3, 0.4) is 0 Å². The molecule has 0 atom stereocenters. The third-order valence-electron chi connectivity index (χ3n) is 5.85. The van der Waals surface area contributed by atoms with E-state index in [2.05, 4.69) is 51.8 Å². The summed E-state index contributed by atoms with van der Waals surface area (Å²) in [6.45, 7) is 10.7. The van der Waals surface area contributed by atoms with E-state index in [1.54, 1.807) is 0 Å². The lowest BCUT2D eigenvalue weighted by atomic mass is 9.97. The van der Waals surface area contributed by atoms with Crippen molar-refractivity contribution in [3.8, 4) is 0 Å². The first kappa shape index (κ1) is 19.3. The number of nitrogens with zero attached hydrogens (tertiary/aromatic N) is 5. The zero-order valence-electron chi connectivity index (χ0n) is 16.7. The maximum absolute atomic E-state index is 12.0. The summed E-state index contributed by atoms with van der Waals surface area (Å²) < 4.78 is 2.10. The van der Waals surface area contributed by atoms with Gasteiger partial charge in [-0.3, -0.25) is 4.79 Å². The molecule has 0 spiro atoms. The maximum atomic E-state index is 12.0. The quantitative estimate of drug-likeness (QED) is 0.782. The summed E-state index contributed by atoms with van der Waals surface area (Å²) in [5.41, 5.74) is 1.12. The van der Waals surface area contributed by atoms with Crippen molar-refractivity contribution in [3.05, 3.63) is 11.9 Å². The summed E-state index contributed by atoms with van der Waals surface area (Å²) in [7, 11) is 0. The van der Waals surface area contributed by atoms with Gasteiger partial charge in [-0.2, -0.15) is 0 Å². The summed E-state index contributed by atoms with van der Waals surface area (Å²) >= 11 is 0. The van der Waals surface area contributed by atoms with E-state index in [0.29, 0.717) is 30.3 Å². The SMILES string of the molecule is CCCC(=O)N1CCC(N2CCC(n3cc(CC(C)C)nn3)CC2)CC1. The summed E-state index contributed by atoms with van der Waals surface area (Å²) in [5.74, 6) is 0.963. The number of piperidine rings is 2. The number of hydrogen-bond donors (Lipinski definition) is 0. The van der Waals surface area contributed by atoms with Gasteiger partial charge in [0.1, 0.15) is 0 Å². The molecule has 3 heterocycles. The highest BCUT2D eigenvalue weighted by atomic mass is 16.2. The first-order chi connectivity index (χ1) is 12.6.